The van der Waals surface area contributed by atoms with E-state index >= 15 is 0 Å². The van der Waals surface area contributed by atoms with E-state index in [2.05, 4.69) is 36.8 Å². The second-order valence-corrected chi connectivity index (χ2v) is 12.1. The number of fused-ring (bicyclic) bond motifs is 2. The van der Waals surface area contributed by atoms with Crippen LogP contribution in [0.3, 0.4) is 0 Å². The summed E-state index contributed by atoms with van der Waals surface area (Å²) in [5.41, 5.74) is 14.9. The molecule has 242 valence electrons. The molecule has 0 spiro atoms. The molecule has 4 aromatic carbocycles. The standard InChI is InChI=1S/C19H22N4OS.C17H18N4O/c1-25-11-10-13(20)12-21-18-14-6-2-4-8-16(14)22-19(23-18)15-7-3-5-9-17(15)24;1-11(18)10-19-16-12-6-2-4-8-14(12)20-17(21-16)13-7-3-5-9-15(13)22/h2-9,13,24H,10-12,20H2,1H3,(H,21,22,23);2-9,11,22H,10,18H2,1H3,(H,19,20,21)/t13-;11-/m00/s1. The summed E-state index contributed by atoms with van der Waals surface area (Å²) in [6, 6.07) is 29.8. The lowest BCUT2D eigenvalue weighted by molar-refractivity contribution is 0.476. The molecule has 11 heteroatoms. The van der Waals surface area contributed by atoms with E-state index in [0.29, 0.717) is 35.9 Å². The molecule has 0 bridgehead atoms. The first-order chi connectivity index (χ1) is 22.8. The number of para-hydroxylation sites is 4. The van der Waals surface area contributed by atoms with Crippen LogP contribution in [0.1, 0.15) is 13.3 Å². The van der Waals surface area contributed by atoms with Crippen molar-refractivity contribution in [1.82, 2.24) is 19.9 Å². The molecule has 0 saturated heterocycles. The van der Waals surface area contributed by atoms with E-state index < -0.39 is 0 Å². The van der Waals surface area contributed by atoms with E-state index in [1.807, 2.05) is 73.7 Å². The average molecular weight is 649 g/mol. The second kappa shape index (κ2) is 16.0. The summed E-state index contributed by atoms with van der Waals surface area (Å²) >= 11 is 1.79. The number of phenolic OH excluding ortho intramolecular Hbond substituents is 2. The Hall–Kier alpha value is -4.97. The third-order valence-corrected chi connectivity index (χ3v) is 7.96. The fraction of sp³-hybridized carbons (Fsp3) is 0.222. The summed E-state index contributed by atoms with van der Waals surface area (Å²) in [6.07, 6.45) is 3.03. The van der Waals surface area contributed by atoms with Gasteiger partial charge in [0.05, 0.1) is 22.2 Å². The van der Waals surface area contributed by atoms with Gasteiger partial charge in [-0.05, 0) is 73.9 Å². The van der Waals surface area contributed by atoms with Gasteiger partial charge >= 0.3 is 0 Å². The van der Waals surface area contributed by atoms with Gasteiger partial charge in [0.25, 0.3) is 0 Å². The molecule has 0 amide bonds. The topological polar surface area (TPSA) is 168 Å². The highest BCUT2D eigenvalue weighted by Crippen LogP contribution is 2.31. The van der Waals surface area contributed by atoms with Gasteiger partial charge in [-0.3, -0.25) is 0 Å². The molecular formula is C36H40N8O2S. The van der Waals surface area contributed by atoms with Crippen molar-refractivity contribution in [3.63, 3.8) is 0 Å². The lowest BCUT2D eigenvalue weighted by Crippen LogP contribution is -2.30. The molecular weight excluding hydrogens is 609 g/mol. The first-order valence-electron chi connectivity index (χ1n) is 15.4. The van der Waals surface area contributed by atoms with E-state index in [4.69, 9.17) is 11.5 Å². The minimum Gasteiger partial charge on any atom is -0.507 e. The molecule has 6 aromatic rings. The van der Waals surface area contributed by atoms with Crippen LogP contribution in [0.5, 0.6) is 11.5 Å². The van der Waals surface area contributed by atoms with Crippen molar-refractivity contribution in [1.29, 1.82) is 0 Å². The molecule has 2 aromatic heterocycles. The number of aromatic nitrogens is 4. The number of rotatable bonds is 11. The number of hydrogen-bond acceptors (Lipinski definition) is 11. The fourth-order valence-electron chi connectivity index (χ4n) is 4.85. The summed E-state index contributed by atoms with van der Waals surface area (Å²) in [7, 11) is 0. The van der Waals surface area contributed by atoms with Gasteiger partial charge in [0.2, 0.25) is 0 Å². The lowest BCUT2D eigenvalue weighted by atomic mass is 10.1. The maximum atomic E-state index is 10.1. The number of aromatic hydroxyl groups is 2. The highest BCUT2D eigenvalue weighted by molar-refractivity contribution is 7.98. The van der Waals surface area contributed by atoms with Crippen LogP contribution in [0.2, 0.25) is 0 Å². The largest absolute Gasteiger partial charge is 0.507 e. The molecule has 2 heterocycles. The molecule has 0 aliphatic heterocycles. The summed E-state index contributed by atoms with van der Waals surface area (Å²) in [5.74, 6) is 3.82. The number of benzene rings is 4. The van der Waals surface area contributed by atoms with Gasteiger partial charge in [-0.15, -0.1) is 0 Å². The van der Waals surface area contributed by atoms with Gasteiger partial charge < -0.3 is 32.3 Å². The fourth-order valence-corrected chi connectivity index (χ4v) is 5.38. The molecule has 0 aliphatic rings. The smallest absolute Gasteiger partial charge is 0.165 e. The molecule has 6 rings (SSSR count). The number of nitrogens with zero attached hydrogens (tertiary/aromatic N) is 4. The van der Waals surface area contributed by atoms with Crippen LogP contribution in [0.15, 0.2) is 97.1 Å². The third-order valence-electron chi connectivity index (χ3n) is 7.31. The Kier molecular flexibility index (Phi) is 11.4. The quantitative estimate of drug-likeness (QED) is 0.0938. The summed E-state index contributed by atoms with van der Waals surface area (Å²) in [6.45, 7) is 3.18. The molecule has 8 N–H and O–H groups in total. The number of hydrogen-bond donors (Lipinski definition) is 6. The molecule has 2 atom stereocenters. The van der Waals surface area contributed by atoms with Crippen LogP contribution in [-0.4, -0.2) is 67.3 Å². The molecule has 0 unspecified atom stereocenters. The normalized spacial score (nSPS) is 12.3. The highest BCUT2D eigenvalue weighted by atomic mass is 32.2. The van der Waals surface area contributed by atoms with E-state index in [1.54, 1.807) is 42.1 Å². The lowest BCUT2D eigenvalue weighted by Gasteiger charge is -2.15. The average Bonchev–Trinajstić information content (AvgIpc) is 3.09. The number of anilines is 2. The SMILES string of the molecule is CSCC[C@H](N)CNc1nc(-c2ccccc2O)nc2ccccc12.C[C@H](N)CNc1nc(-c2ccccc2O)nc2ccccc12. The first kappa shape index (κ1) is 33.4. The van der Waals surface area contributed by atoms with Gasteiger partial charge in [-0.25, -0.2) is 19.9 Å². The summed E-state index contributed by atoms with van der Waals surface area (Å²) in [4.78, 5) is 18.4. The monoisotopic (exact) mass is 648 g/mol. The van der Waals surface area contributed by atoms with Crippen molar-refractivity contribution in [3.8, 4) is 34.3 Å². The van der Waals surface area contributed by atoms with Crippen molar-refractivity contribution in [2.24, 2.45) is 11.5 Å². The Morgan fingerprint density at radius 3 is 1.55 bits per heavy atom. The zero-order chi connectivity index (χ0) is 33.2. The first-order valence-corrected chi connectivity index (χ1v) is 16.8. The van der Waals surface area contributed by atoms with Crippen LogP contribution in [0.25, 0.3) is 44.6 Å². The van der Waals surface area contributed by atoms with Crippen molar-refractivity contribution >= 4 is 45.2 Å². The predicted octanol–water partition coefficient (Wildman–Crippen LogP) is 6.26. The minimum atomic E-state index is 0.0160. The maximum Gasteiger partial charge on any atom is 0.165 e. The van der Waals surface area contributed by atoms with Crippen LogP contribution in [0.4, 0.5) is 11.6 Å². The van der Waals surface area contributed by atoms with E-state index in [1.165, 1.54) is 0 Å². The Morgan fingerprint density at radius 2 is 1.09 bits per heavy atom. The molecule has 0 saturated carbocycles. The van der Waals surface area contributed by atoms with Crippen molar-refractivity contribution < 1.29 is 10.2 Å². The molecule has 0 radical (unpaired) electrons. The summed E-state index contributed by atoms with van der Waals surface area (Å²) in [5, 5.41) is 28.6. The van der Waals surface area contributed by atoms with Gasteiger partial charge in [-0.2, -0.15) is 11.8 Å². The zero-order valence-corrected chi connectivity index (χ0v) is 27.3. The zero-order valence-electron chi connectivity index (χ0n) is 26.5. The molecule has 0 aliphatic carbocycles. The minimum absolute atomic E-state index is 0.0160. The number of nitrogens with one attached hydrogen (secondary N) is 2. The van der Waals surface area contributed by atoms with Crippen molar-refractivity contribution in [3.05, 3.63) is 97.1 Å². The van der Waals surface area contributed by atoms with Crippen LogP contribution in [-0.2, 0) is 0 Å². The van der Waals surface area contributed by atoms with E-state index in [0.717, 1.165) is 45.6 Å². The number of phenols is 2. The maximum absolute atomic E-state index is 10.1. The van der Waals surface area contributed by atoms with Gasteiger partial charge in [0.15, 0.2) is 11.6 Å². The molecule has 0 fully saturated rings. The Balaban J connectivity index is 0.000000186. The molecule has 10 nitrogen and oxygen atoms in total. The third kappa shape index (κ3) is 8.64. The van der Waals surface area contributed by atoms with E-state index in [9.17, 15) is 10.2 Å². The van der Waals surface area contributed by atoms with Crippen LogP contribution in [0, 0.1) is 0 Å². The molecule has 47 heavy (non-hydrogen) atoms. The highest BCUT2D eigenvalue weighted by Gasteiger charge is 2.14. The number of thioether (sulfide) groups is 1. The summed E-state index contributed by atoms with van der Waals surface area (Å²) < 4.78 is 0. The Morgan fingerprint density at radius 1 is 0.638 bits per heavy atom. The van der Waals surface area contributed by atoms with Crippen LogP contribution < -0.4 is 22.1 Å². The Bertz CT molecular complexity index is 1940. The van der Waals surface area contributed by atoms with Crippen molar-refractivity contribution in [2.45, 2.75) is 25.4 Å². The Labute approximate surface area is 278 Å². The van der Waals surface area contributed by atoms with Gasteiger partial charge in [0, 0.05) is 35.9 Å². The van der Waals surface area contributed by atoms with Crippen LogP contribution >= 0.6 is 11.8 Å². The predicted molar refractivity (Wildman–Crippen MR) is 195 cm³/mol. The van der Waals surface area contributed by atoms with Gasteiger partial charge in [0.1, 0.15) is 23.1 Å². The second-order valence-electron chi connectivity index (χ2n) is 11.1. The number of nitrogens with two attached hydrogens (primary N) is 2. The van der Waals surface area contributed by atoms with Gasteiger partial charge in [-0.1, -0.05) is 48.5 Å². The van der Waals surface area contributed by atoms with Crippen molar-refractivity contribution in [2.75, 3.05) is 35.7 Å². The van der Waals surface area contributed by atoms with E-state index in [-0.39, 0.29) is 23.6 Å².